The lowest BCUT2D eigenvalue weighted by Gasteiger charge is -2.18. The zero-order chi connectivity index (χ0) is 22.4. The van der Waals surface area contributed by atoms with Gasteiger partial charge in [-0.3, -0.25) is 0 Å². The zero-order valence-corrected chi connectivity index (χ0v) is 16.7. The van der Waals surface area contributed by atoms with E-state index in [4.69, 9.17) is 24.5 Å². The monoisotopic (exact) mass is 439 g/mol. The zero-order valence-electron chi connectivity index (χ0n) is 16.7. The SMILES string of the molecule is O=C(O)C(F)(F)F.OCCOc1ccccc1CNC1CCc2ccc3c(c21)CCO3. The number of aryl methyl sites for hydroxylation is 1. The fraction of sp³-hybridized carbons (Fsp3) is 0.409. The molecule has 0 saturated carbocycles. The highest BCUT2D eigenvalue weighted by Crippen LogP contribution is 2.40. The maximum absolute atomic E-state index is 10.6. The molecule has 0 bridgehead atoms. The number of halogens is 3. The van der Waals surface area contributed by atoms with Crippen molar-refractivity contribution in [3.05, 3.63) is 58.7 Å². The van der Waals surface area contributed by atoms with Gasteiger partial charge in [0.1, 0.15) is 18.1 Å². The summed E-state index contributed by atoms with van der Waals surface area (Å²) in [5.74, 6) is -0.847. The average Bonchev–Trinajstić information content (AvgIpc) is 3.37. The molecule has 9 heteroatoms. The van der Waals surface area contributed by atoms with Gasteiger partial charge in [0, 0.05) is 30.1 Å². The number of carboxylic acids is 1. The summed E-state index contributed by atoms with van der Waals surface area (Å²) in [5.41, 5.74) is 5.44. The standard InChI is InChI=1S/C20H23NO3.C2HF3O2/c22-10-12-24-18-4-2-1-3-15(18)13-21-17-7-5-14-6-8-19-16(20(14)17)9-11-23-19;3-2(4,5)1(6)7/h1-4,6,8,17,21-22H,5,7,9-13H2;(H,6,7). The Labute approximate surface area is 177 Å². The lowest BCUT2D eigenvalue weighted by Crippen LogP contribution is -2.21. The van der Waals surface area contributed by atoms with Gasteiger partial charge in [-0.25, -0.2) is 4.79 Å². The number of nitrogens with one attached hydrogen (secondary N) is 1. The molecule has 6 nitrogen and oxygen atoms in total. The summed E-state index contributed by atoms with van der Waals surface area (Å²) >= 11 is 0. The van der Waals surface area contributed by atoms with Gasteiger partial charge >= 0.3 is 12.1 Å². The molecule has 168 valence electrons. The molecule has 31 heavy (non-hydrogen) atoms. The minimum atomic E-state index is -5.08. The summed E-state index contributed by atoms with van der Waals surface area (Å²) in [4.78, 5) is 8.90. The van der Waals surface area contributed by atoms with Gasteiger partial charge in [0.25, 0.3) is 0 Å². The molecule has 1 aliphatic carbocycles. The van der Waals surface area contributed by atoms with Crippen molar-refractivity contribution in [1.29, 1.82) is 0 Å². The first-order valence-electron chi connectivity index (χ1n) is 9.93. The molecule has 1 atom stereocenters. The minimum absolute atomic E-state index is 0.0316. The lowest BCUT2D eigenvalue weighted by atomic mass is 9.98. The Balaban J connectivity index is 0.000000339. The Morgan fingerprint density at radius 1 is 1.19 bits per heavy atom. The predicted octanol–water partition coefficient (Wildman–Crippen LogP) is 3.40. The van der Waals surface area contributed by atoms with Crippen molar-refractivity contribution in [3.8, 4) is 11.5 Å². The van der Waals surface area contributed by atoms with Crippen LogP contribution in [0.1, 0.15) is 34.7 Å². The molecule has 0 amide bonds. The van der Waals surface area contributed by atoms with E-state index >= 15 is 0 Å². The average molecular weight is 439 g/mol. The molecule has 0 fully saturated rings. The van der Waals surface area contributed by atoms with Crippen molar-refractivity contribution in [1.82, 2.24) is 5.32 Å². The van der Waals surface area contributed by atoms with Crippen LogP contribution in [-0.4, -0.2) is 42.2 Å². The Morgan fingerprint density at radius 3 is 2.65 bits per heavy atom. The summed E-state index contributed by atoms with van der Waals surface area (Å²) < 4.78 is 43.1. The number of ether oxygens (including phenoxy) is 2. The normalized spacial score (nSPS) is 16.6. The molecule has 3 N–H and O–H groups in total. The highest BCUT2D eigenvalue weighted by atomic mass is 19.4. The van der Waals surface area contributed by atoms with Crippen LogP contribution in [0, 0.1) is 0 Å². The second kappa shape index (κ2) is 10.0. The van der Waals surface area contributed by atoms with Gasteiger partial charge < -0.3 is 25.0 Å². The summed E-state index contributed by atoms with van der Waals surface area (Å²) in [5, 5.41) is 19.8. The van der Waals surface area contributed by atoms with Crippen LogP contribution in [-0.2, 0) is 24.2 Å². The largest absolute Gasteiger partial charge is 0.493 e. The second-order valence-electron chi connectivity index (χ2n) is 7.17. The number of aliphatic hydroxyl groups is 1. The molecule has 4 rings (SSSR count). The molecule has 0 saturated heterocycles. The number of para-hydroxylation sites is 1. The van der Waals surface area contributed by atoms with E-state index in [1.165, 1.54) is 16.7 Å². The first-order valence-corrected chi connectivity index (χ1v) is 9.93. The third-order valence-corrected chi connectivity index (χ3v) is 5.17. The van der Waals surface area contributed by atoms with Gasteiger partial charge in [0.15, 0.2) is 0 Å². The van der Waals surface area contributed by atoms with Gasteiger partial charge in [0.05, 0.1) is 13.2 Å². The Hall–Kier alpha value is -2.78. The van der Waals surface area contributed by atoms with Gasteiger partial charge in [-0.05, 0) is 36.1 Å². The molecular weight excluding hydrogens is 415 g/mol. The Bertz CT molecular complexity index is 917. The van der Waals surface area contributed by atoms with Crippen molar-refractivity contribution in [2.45, 2.75) is 38.0 Å². The van der Waals surface area contributed by atoms with E-state index in [-0.39, 0.29) is 6.61 Å². The van der Waals surface area contributed by atoms with E-state index in [0.29, 0.717) is 12.6 Å². The highest BCUT2D eigenvalue weighted by Gasteiger charge is 2.38. The fourth-order valence-electron chi connectivity index (χ4n) is 3.83. The fourth-order valence-corrected chi connectivity index (χ4v) is 3.83. The number of aliphatic hydroxyl groups excluding tert-OH is 1. The second-order valence-corrected chi connectivity index (χ2v) is 7.17. The maximum Gasteiger partial charge on any atom is 0.490 e. The van der Waals surface area contributed by atoms with E-state index in [0.717, 1.165) is 49.5 Å². The first kappa shape index (κ1) is 22.9. The number of fused-ring (bicyclic) bond motifs is 3. The summed E-state index contributed by atoms with van der Waals surface area (Å²) in [7, 11) is 0. The van der Waals surface area contributed by atoms with Crippen LogP contribution < -0.4 is 14.8 Å². The van der Waals surface area contributed by atoms with Gasteiger partial charge in [0.2, 0.25) is 0 Å². The minimum Gasteiger partial charge on any atom is -0.493 e. The number of carbonyl (C=O) groups is 1. The number of aliphatic carboxylic acids is 1. The van der Waals surface area contributed by atoms with Crippen molar-refractivity contribution in [2.24, 2.45) is 0 Å². The third kappa shape index (κ3) is 5.68. The molecule has 2 aromatic carbocycles. The van der Waals surface area contributed by atoms with Gasteiger partial charge in [-0.2, -0.15) is 13.2 Å². The third-order valence-electron chi connectivity index (χ3n) is 5.17. The molecule has 2 aliphatic rings. The summed E-state index contributed by atoms with van der Waals surface area (Å²) in [6.07, 6.45) is -1.80. The number of alkyl halides is 3. The van der Waals surface area contributed by atoms with Crippen molar-refractivity contribution >= 4 is 5.97 Å². The Kier molecular flexibility index (Phi) is 7.40. The van der Waals surface area contributed by atoms with Crippen molar-refractivity contribution in [3.63, 3.8) is 0 Å². The quantitative estimate of drug-likeness (QED) is 0.640. The van der Waals surface area contributed by atoms with Gasteiger partial charge in [-0.15, -0.1) is 0 Å². The number of rotatable bonds is 6. The molecule has 1 aliphatic heterocycles. The smallest absolute Gasteiger partial charge is 0.490 e. The van der Waals surface area contributed by atoms with E-state index < -0.39 is 12.1 Å². The van der Waals surface area contributed by atoms with E-state index in [1.54, 1.807) is 0 Å². The topological polar surface area (TPSA) is 88.0 Å². The lowest BCUT2D eigenvalue weighted by molar-refractivity contribution is -0.192. The van der Waals surface area contributed by atoms with Crippen LogP contribution in [0.25, 0.3) is 0 Å². The predicted molar refractivity (Wildman–Crippen MR) is 106 cm³/mol. The van der Waals surface area contributed by atoms with Crippen LogP contribution in [0.3, 0.4) is 0 Å². The van der Waals surface area contributed by atoms with Crippen molar-refractivity contribution in [2.75, 3.05) is 19.8 Å². The molecular formula is C22H24F3NO5. The number of hydrogen-bond acceptors (Lipinski definition) is 5. The van der Waals surface area contributed by atoms with E-state index in [9.17, 15) is 13.2 Å². The van der Waals surface area contributed by atoms with Crippen molar-refractivity contribution < 1.29 is 37.7 Å². The molecule has 0 radical (unpaired) electrons. The molecule has 1 unspecified atom stereocenters. The van der Waals surface area contributed by atoms with Crippen LogP contribution in [0.2, 0.25) is 0 Å². The van der Waals surface area contributed by atoms with Crippen LogP contribution in [0.5, 0.6) is 11.5 Å². The number of carboxylic acid groups (broad SMARTS) is 1. The molecule has 1 heterocycles. The summed E-state index contributed by atoms with van der Waals surface area (Å²) in [6, 6.07) is 12.8. The Morgan fingerprint density at radius 2 is 1.94 bits per heavy atom. The first-order chi connectivity index (χ1) is 14.8. The molecule has 2 aromatic rings. The van der Waals surface area contributed by atoms with E-state index in [1.807, 2.05) is 18.2 Å². The van der Waals surface area contributed by atoms with E-state index in [2.05, 4.69) is 23.5 Å². The van der Waals surface area contributed by atoms with Crippen LogP contribution in [0.4, 0.5) is 13.2 Å². The highest BCUT2D eigenvalue weighted by molar-refractivity contribution is 5.73. The number of hydrogen-bond donors (Lipinski definition) is 3. The molecule has 0 spiro atoms. The van der Waals surface area contributed by atoms with Crippen LogP contribution >= 0.6 is 0 Å². The van der Waals surface area contributed by atoms with Crippen LogP contribution in [0.15, 0.2) is 36.4 Å². The maximum atomic E-state index is 10.6. The summed E-state index contributed by atoms with van der Waals surface area (Å²) in [6.45, 7) is 1.92. The van der Waals surface area contributed by atoms with Gasteiger partial charge in [-0.1, -0.05) is 24.3 Å². The number of benzene rings is 2. The molecule has 0 aromatic heterocycles.